The van der Waals surface area contributed by atoms with Gasteiger partial charge in [0.05, 0.1) is 0 Å². The van der Waals surface area contributed by atoms with Gasteiger partial charge in [-0.25, -0.2) is 4.39 Å². The van der Waals surface area contributed by atoms with Crippen LogP contribution in [0, 0.1) is 12.7 Å². The Morgan fingerprint density at radius 1 is 1.38 bits per heavy atom. The quantitative estimate of drug-likeness (QED) is 0.554. The summed E-state index contributed by atoms with van der Waals surface area (Å²) >= 11 is 0. The molecule has 0 amide bonds. The van der Waals surface area contributed by atoms with Crippen LogP contribution in [-0.2, 0) is 10.1 Å². The third kappa shape index (κ3) is 3.03. The molecule has 0 aliphatic carbocycles. The van der Waals surface area contributed by atoms with Crippen LogP contribution in [0.25, 0.3) is 0 Å². The van der Waals surface area contributed by atoms with Crippen molar-refractivity contribution in [2.75, 3.05) is 0 Å². The van der Waals surface area contributed by atoms with Crippen LogP contribution in [0.5, 0.6) is 0 Å². The molecule has 0 radical (unpaired) electrons. The van der Waals surface area contributed by atoms with E-state index >= 15 is 0 Å². The Morgan fingerprint density at radius 2 is 1.92 bits per heavy atom. The average Bonchev–Trinajstić information content (AvgIpc) is 1.82. The van der Waals surface area contributed by atoms with Crippen LogP contribution < -0.4 is 0 Å². The molecule has 1 N–H and O–H groups in total. The normalized spacial score (nSPS) is 10.7. The van der Waals surface area contributed by atoms with Crippen LogP contribution in [0.4, 0.5) is 4.39 Å². The van der Waals surface area contributed by atoms with Gasteiger partial charge in [0, 0.05) is 0 Å². The second kappa shape index (κ2) is 4.52. The SMILES string of the molecule is Cc1cccc(F)c1S(=O)(=O)O.[NaH]. The first-order chi connectivity index (χ1) is 5.43. The van der Waals surface area contributed by atoms with E-state index in [0.717, 1.165) is 6.07 Å². The van der Waals surface area contributed by atoms with E-state index in [9.17, 15) is 12.8 Å². The molecule has 0 saturated heterocycles. The fourth-order valence-electron chi connectivity index (χ4n) is 0.943. The van der Waals surface area contributed by atoms with Crippen molar-refractivity contribution >= 4 is 39.7 Å². The molecule has 0 unspecified atom stereocenters. The molecule has 0 aliphatic rings. The van der Waals surface area contributed by atoms with Crippen molar-refractivity contribution in [1.29, 1.82) is 0 Å². The van der Waals surface area contributed by atoms with E-state index in [1.807, 2.05) is 0 Å². The first-order valence-electron chi connectivity index (χ1n) is 3.15. The first-order valence-corrected chi connectivity index (χ1v) is 4.59. The summed E-state index contributed by atoms with van der Waals surface area (Å²) in [6.45, 7) is 1.41. The molecule has 0 bridgehead atoms. The summed E-state index contributed by atoms with van der Waals surface area (Å²) in [5, 5.41) is 0. The Bertz CT molecular complexity index is 382. The van der Waals surface area contributed by atoms with Gasteiger partial charge in [0.25, 0.3) is 10.1 Å². The molecule has 1 rings (SSSR count). The van der Waals surface area contributed by atoms with Crippen molar-refractivity contribution in [3.63, 3.8) is 0 Å². The van der Waals surface area contributed by atoms with Gasteiger partial charge in [0.1, 0.15) is 10.7 Å². The van der Waals surface area contributed by atoms with Gasteiger partial charge >= 0.3 is 29.6 Å². The molecule has 6 heteroatoms. The summed E-state index contributed by atoms with van der Waals surface area (Å²) in [7, 11) is -4.44. The van der Waals surface area contributed by atoms with Crippen LogP contribution in [0.1, 0.15) is 5.56 Å². The topological polar surface area (TPSA) is 54.4 Å². The maximum absolute atomic E-state index is 12.8. The molecule has 3 nitrogen and oxygen atoms in total. The van der Waals surface area contributed by atoms with Gasteiger partial charge in [-0.2, -0.15) is 8.42 Å². The Balaban J connectivity index is 0.00000144. The van der Waals surface area contributed by atoms with E-state index in [-0.39, 0.29) is 35.1 Å². The van der Waals surface area contributed by atoms with Crippen molar-refractivity contribution in [3.05, 3.63) is 29.6 Å². The number of aryl methyl sites for hydroxylation is 1. The Kier molecular flexibility index (Phi) is 4.54. The molecule has 0 spiro atoms. The van der Waals surface area contributed by atoms with Crippen molar-refractivity contribution < 1.29 is 17.4 Å². The number of hydrogen-bond acceptors (Lipinski definition) is 2. The van der Waals surface area contributed by atoms with Gasteiger partial charge < -0.3 is 0 Å². The summed E-state index contributed by atoms with van der Waals surface area (Å²) in [6, 6.07) is 3.77. The fraction of sp³-hybridized carbons (Fsp3) is 0.143. The molecule has 1 aromatic rings. The number of benzene rings is 1. The average molecular weight is 214 g/mol. The number of hydrogen-bond donors (Lipinski definition) is 1. The molecule has 0 saturated carbocycles. The standard InChI is InChI=1S/C7H7FO3S.Na.H/c1-5-3-2-4-6(8)7(5)12(9,10)11;;/h2-4H,1H3,(H,9,10,11);;. The zero-order chi connectivity index (χ0) is 9.35. The maximum atomic E-state index is 12.8. The van der Waals surface area contributed by atoms with E-state index in [0.29, 0.717) is 0 Å². The van der Waals surface area contributed by atoms with Gasteiger partial charge in [-0.15, -0.1) is 0 Å². The van der Waals surface area contributed by atoms with Gasteiger partial charge in [-0.05, 0) is 18.6 Å². The van der Waals surface area contributed by atoms with E-state index in [1.165, 1.54) is 19.1 Å². The monoisotopic (exact) mass is 214 g/mol. The van der Waals surface area contributed by atoms with Crippen LogP contribution in [0.15, 0.2) is 23.1 Å². The predicted molar refractivity (Wildman–Crippen MR) is 48.1 cm³/mol. The molecular weight excluding hydrogens is 206 g/mol. The van der Waals surface area contributed by atoms with Crippen molar-refractivity contribution in [3.8, 4) is 0 Å². The molecule has 0 aromatic heterocycles. The van der Waals surface area contributed by atoms with Crippen LogP contribution in [0.2, 0.25) is 0 Å². The zero-order valence-corrected chi connectivity index (χ0v) is 7.10. The van der Waals surface area contributed by atoms with Crippen LogP contribution >= 0.6 is 0 Å². The van der Waals surface area contributed by atoms with Gasteiger partial charge in [0.2, 0.25) is 0 Å². The molecule has 0 atom stereocenters. The van der Waals surface area contributed by atoms with Crippen LogP contribution in [-0.4, -0.2) is 42.5 Å². The van der Waals surface area contributed by atoms with E-state index in [2.05, 4.69) is 0 Å². The number of halogens is 1. The molecule has 0 heterocycles. The predicted octanol–water partition coefficient (Wildman–Crippen LogP) is 0.732. The summed E-state index contributed by atoms with van der Waals surface area (Å²) in [5.74, 6) is -0.933. The third-order valence-corrected chi connectivity index (χ3v) is 2.45. The first kappa shape index (κ1) is 13.1. The second-order valence-corrected chi connectivity index (χ2v) is 3.72. The van der Waals surface area contributed by atoms with Gasteiger partial charge in [0.15, 0.2) is 0 Å². The summed E-state index contributed by atoms with van der Waals surface area (Å²) in [6.07, 6.45) is 0. The van der Waals surface area contributed by atoms with E-state index in [4.69, 9.17) is 4.55 Å². The van der Waals surface area contributed by atoms with E-state index < -0.39 is 20.8 Å². The van der Waals surface area contributed by atoms with Gasteiger partial charge in [-0.1, -0.05) is 12.1 Å². The molecule has 68 valence electrons. The van der Waals surface area contributed by atoms with Crippen molar-refractivity contribution in [1.82, 2.24) is 0 Å². The zero-order valence-electron chi connectivity index (χ0n) is 6.28. The molecule has 13 heavy (non-hydrogen) atoms. The summed E-state index contributed by atoms with van der Waals surface area (Å²) in [4.78, 5) is -0.648. The van der Waals surface area contributed by atoms with E-state index in [1.54, 1.807) is 0 Å². The van der Waals surface area contributed by atoms with Crippen molar-refractivity contribution in [2.45, 2.75) is 11.8 Å². The number of rotatable bonds is 1. The Morgan fingerprint density at radius 3 is 2.23 bits per heavy atom. The Labute approximate surface area is 98.0 Å². The molecule has 0 fully saturated rings. The molecule has 1 aromatic carbocycles. The van der Waals surface area contributed by atoms with Crippen LogP contribution in [0.3, 0.4) is 0 Å². The summed E-state index contributed by atoms with van der Waals surface area (Å²) in [5.41, 5.74) is 0.192. The van der Waals surface area contributed by atoms with Gasteiger partial charge in [-0.3, -0.25) is 4.55 Å². The fourth-order valence-corrected chi connectivity index (χ4v) is 1.73. The van der Waals surface area contributed by atoms with Crippen molar-refractivity contribution in [2.24, 2.45) is 0 Å². The third-order valence-electron chi connectivity index (χ3n) is 1.42. The summed E-state index contributed by atoms with van der Waals surface area (Å²) < 4.78 is 42.6. The minimum absolute atomic E-state index is 0. The second-order valence-electron chi connectivity index (χ2n) is 2.36. The molecular formula is C7H8FNaO3S. The molecule has 0 aliphatic heterocycles. The minimum atomic E-state index is -4.44. The Hall–Kier alpha value is 0.0600.